The maximum Gasteiger partial charge on any atom is 0.442 e. The van der Waals surface area contributed by atoms with E-state index in [1.54, 1.807) is 12.1 Å². The average molecular weight is 533 g/mol. The molecule has 38 heavy (non-hydrogen) atoms. The van der Waals surface area contributed by atoms with Gasteiger partial charge in [-0.2, -0.15) is 13.2 Å². The monoisotopic (exact) mass is 532 g/mol. The van der Waals surface area contributed by atoms with Crippen molar-refractivity contribution in [3.05, 3.63) is 59.2 Å². The topological polar surface area (TPSA) is 105 Å². The Balaban J connectivity index is 1.71. The molecular weight excluding hydrogens is 501 g/mol. The van der Waals surface area contributed by atoms with Crippen molar-refractivity contribution in [1.29, 1.82) is 0 Å². The number of ether oxygens (including phenoxy) is 2. The molecule has 2 aromatic rings. The Morgan fingerprint density at radius 1 is 1.16 bits per heavy atom. The number of halogens is 3. The Bertz CT molecular complexity index is 1170. The number of carbonyl (C=O) groups is 1. The highest BCUT2D eigenvalue weighted by Crippen LogP contribution is 2.52. The average Bonchev–Trinajstić information content (AvgIpc) is 3.68. The van der Waals surface area contributed by atoms with Gasteiger partial charge in [-0.15, -0.1) is 16.7 Å². The second-order valence-corrected chi connectivity index (χ2v) is 9.32. The number of rotatable bonds is 13. The summed E-state index contributed by atoms with van der Waals surface area (Å²) in [5, 5.41) is 22.6. The van der Waals surface area contributed by atoms with Crippen LogP contribution in [0, 0.1) is 18.3 Å². The number of amides is 1. The first-order chi connectivity index (χ1) is 18.0. The van der Waals surface area contributed by atoms with Crippen LogP contribution in [0.25, 0.3) is 0 Å². The van der Waals surface area contributed by atoms with Gasteiger partial charge in [0.1, 0.15) is 24.2 Å². The first kappa shape index (κ1) is 28.9. The number of aliphatic hydroxyl groups excluding tert-OH is 1. The second-order valence-electron chi connectivity index (χ2n) is 9.32. The normalized spacial score (nSPS) is 15.4. The summed E-state index contributed by atoms with van der Waals surface area (Å²) in [6.45, 7) is 6.27. The van der Waals surface area contributed by atoms with E-state index in [0.717, 1.165) is 6.42 Å². The van der Waals surface area contributed by atoms with E-state index in [2.05, 4.69) is 26.8 Å². The van der Waals surface area contributed by atoms with Gasteiger partial charge in [0.25, 0.3) is 5.91 Å². The van der Waals surface area contributed by atoms with Crippen molar-refractivity contribution in [2.45, 2.75) is 57.9 Å². The summed E-state index contributed by atoms with van der Waals surface area (Å²) in [5.74, 6) is 2.99. The molecule has 204 valence electrons. The minimum Gasteiger partial charge on any atom is -0.481 e. The summed E-state index contributed by atoms with van der Waals surface area (Å²) < 4.78 is 51.1. The highest BCUT2D eigenvalue weighted by molar-refractivity contribution is 5.97. The highest BCUT2D eigenvalue weighted by atomic mass is 19.4. The van der Waals surface area contributed by atoms with E-state index in [-0.39, 0.29) is 35.9 Å². The summed E-state index contributed by atoms with van der Waals surface area (Å²) in [6.07, 6.45) is -0.493. The maximum atomic E-state index is 13.2. The van der Waals surface area contributed by atoms with Gasteiger partial charge in [-0.25, -0.2) is 0 Å². The van der Waals surface area contributed by atoms with Crippen molar-refractivity contribution in [1.82, 2.24) is 10.6 Å². The van der Waals surface area contributed by atoms with Crippen LogP contribution in [0.2, 0.25) is 0 Å². The maximum absolute atomic E-state index is 13.2. The van der Waals surface area contributed by atoms with E-state index in [9.17, 15) is 23.1 Å². The van der Waals surface area contributed by atoms with Gasteiger partial charge >= 0.3 is 11.8 Å². The molecule has 0 aromatic heterocycles. The molecular formula is C27H31F3N4O4. The van der Waals surface area contributed by atoms with E-state index in [1.165, 1.54) is 37.3 Å². The minimum atomic E-state index is -4.60. The quantitative estimate of drug-likeness (QED) is 0.260. The Labute approximate surface area is 219 Å². The second kappa shape index (κ2) is 12.3. The van der Waals surface area contributed by atoms with Gasteiger partial charge in [0.05, 0.1) is 5.56 Å². The summed E-state index contributed by atoms with van der Waals surface area (Å²) in [6, 6.07) is 10.3. The molecule has 0 aliphatic carbocycles. The molecule has 0 radical (unpaired) electrons. The summed E-state index contributed by atoms with van der Waals surface area (Å²) in [7, 11) is 0. The first-order valence-electron chi connectivity index (χ1n) is 12.1. The van der Waals surface area contributed by atoms with Gasteiger partial charge in [0, 0.05) is 18.7 Å². The standard InChI is InChI=1S/C27H31F3N4O4/c1-5-14-37-21-10-11-23(22(15-21)24(36)31-13-12-17(2)3)38-25(18(4)35)32-16-19-6-8-20(9-7-19)26(33-34-26)27(28,29)30/h1,6-11,15,17-18,25,32,35H,12-14,16H2,2-4H3,(H,31,36). The van der Waals surface area contributed by atoms with Crippen molar-refractivity contribution in [2.75, 3.05) is 13.2 Å². The number of nitrogens with zero attached hydrogens (tertiary/aromatic N) is 2. The number of aliphatic hydroxyl groups is 1. The van der Waals surface area contributed by atoms with E-state index < -0.39 is 24.2 Å². The molecule has 0 spiro atoms. The lowest BCUT2D eigenvalue weighted by atomic mass is 10.0. The lowest BCUT2D eigenvalue weighted by molar-refractivity contribution is -0.166. The van der Waals surface area contributed by atoms with Crippen molar-refractivity contribution in [2.24, 2.45) is 16.1 Å². The highest BCUT2D eigenvalue weighted by Gasteiger charge is 2.65. The summed E-state index contributed by atoms with van der Waals surface area (Å²) >= 11 is 0. The number of terminal acetylenes is 1. The molecule has 1 amide bonds. The van der Waals surface area contributed by atoms with Gasteiger partial charge in [0.2, 0.25) is 0 Å². The fourth-order valence-electron chi connectivity index (χ4n) is 3.54. The molecule has 0 fully saturated rings. The van der Waals surface area contributed by atoms with Gasteiger partial charge in [-0.1, -0.05) is 44.0 Å². The predicted molar refractivity (Wildman–Crippen MR) is 135 cm³/mol. The van der Waals surface area contributed by atoms with Crippen LogP contribution < -0.4 is 20.1 Å². The molecule has 3 rings (SSSR count). The van der Waals surface area contributed by atoms with E-state index >= 15 is 0 Å². The molecule has 2 unspecified atom stereocenters. The molecule has 1 aliphatic heterocycles. The molecule has 1 heterocycles. The van der Waals surface area contributed by atoms with E-state index in [1.807, 2.05) is 13.8 Å². The number of nitrogens with one attached hydrogen (secondary N) is 2. The summed E-state index contributed by atoms with van der Waals surface area (Å²) in [5.41, 5.74) is -1.70. The van der Waals surface area contributed by atoms with Crippen LogP contribution in [0.5, 0.6) is 11.5 Å². The van der Waals surface area contributed by atoms with Crippen LogP contribution in [0.15, 0.2) is 52.7 Å². The third-order valence-electron chi connectivity index (χ3n) is 5.78. The smallest absolute Gasteiger partial charge is 0.442 e. The molecule has 8 nitrogen and oxygen atoms in total. The lowest BCUT2D eigenvalue weighted by Gasteiger charge is -2.24. The van der Waals surface area contributed by atoms with E-state index in [4.69, 9.17) is 15.9 Å². The zero-order chi connectivity index (χ0) is 27.9. The fourth-order valence-corrected chi connectivity index (χ4v) is 3.54. The van der Waals surface area contributed by atoms with Gasteiger partial charge in [0.15, 0.2) is 6.23 Å². The summed E-state index contributed by atoms with van der Waals surface area (Å²) in [4.78, 5) is 12.9. The third kappa shape index (κ3) is 7.24. The fraction of sp³-hybridized carbons (Fsp3) is 0.444. The number of benzene rings is 2. The molecule has 0 saturated heterocycles. The Kier molecular flexibility index (Phi) is 9.36. The van der Waals surface area contributed by atoms with Crippen molar-refractivity contribution in [3.63, 3.8) is 0 Å². The molecule has 2 atom stereocenters. The molecule has 0 bridgehead atoms. The van der Waals surface area contributed by atoms with Crippen LogP contribution in [-0.4, -0.2) is 42.7 Å². The van der Waals surface area contributed by atoms with Crippen LogP contribution in [0.4, 0.5) is 13.2 Å². The zero-order valence-electron chi connectivity index (χ0n) is 21.4. The van der Waals surface area contributed by atoms with Crippen LogP contribution >= 0.6 is 0 Å². The Morgan fingerprint density at radius 3 is 2.39 bits per heavy atom. The first-order valence-corrected chi connectivity index (χ1v) is 12.1. The van der Waals surface area contributed by atoms with Crippen molar-refractivity contribution in [3.8, 4) is 23.8 Å². The molecule has 0 saturated carbocycles. The number of alkyl halides is 3. The molecule has 11 heteroatoms. The number of hydrogen-bond donors (Lipinski definition) is 3. The largest absolute Gasteiger partial charge is 0.481 e. The lowest BCUT2D eigenvalue weighted by Crippen LogP contribution is -2.43. The minimum absolute atomic E-state index is 0.0253. The van der Waals surface area contributed by atoms with Gasteiger partial charge < -0.3 is 19.9 Å². The van der Waals surface area contributed by atoms with Crippen LogP contribution in [-0.2, 0) is 12.2 Å². The van der Waals surface area contributed by atoms with Gasteiger partial charge in [-0.05, 0) is 43.0 Å². The Hall–Kier alpha value is -3.62. The molecule has 3 N–H and O–H groups in total. The third-order valence-corrected chi connectivity index (χ3v) is 5.78. The number of hydrogen-bond acceptors (Lipinski definition) is 7. The van der Waals surface area contributed by atoms with Crippen molar-refractivity contribution < 1.29 is 32.5 Å². The predicted octanol–water partition coefficient (Wildman–Crippen LogP) is 4.53. The molecule has 1 aliphatic rings. The van der Waals surface area contributed by atoms with E-state index in [0.29, 0.717) is 23.8 Å². The molecule has 2 aromatic carbocycles. The zero-order valence-corrected chi connectivity index (χ0v) is 21.4. The number of carbonyl (C=O) groups excluding carboxylic acids is 1. The van der Waals surface area contributed by atoms with Crippen LogP contribution in [0.1, 0.15) is 48.7 Å². The van der Waals surface area contributed by atoms with Crippen molar-refractivity contribution >= 4 is 5.91 Å². The Morgan fingerprint density at radius 2 is 1.84 bits per heavy atom. The van der Waals surface area contributed by atoms with Gasteiger partial charge in [-0.3, -0.25) is 10.1 Å². The van der Waals surface area contributed by atoms with Crippen LogP contribution in [0.3, 0.4) is 0 Å². The SMILES string of the molecule is C#CCOc1ccc(OC(NCc2ccc(C3(C(F)(F)F)N=N3)cc2)C(C)O)c(C(=O)NCCC(C)C)c1.